The number of hydrogen-bond donors (Lipinski definition) is 3. The van der Waals surface area contributed by atoms with E-state index in [4.69, 9.17) is 10.9 Å². The van der Waals surface area contributed by atoms with Crippen LogP contribution in [-0.4, -0.2) is 8.42 Å². The van der Waals surface area contributed by atoms with Gasteiger partial charge in [-0.15, -0.1) is 0 Å². The first-order valence-corrected chi connectivity index (χ1v) is 6.85. The molecule has 2 aromatic rings. The van der Waals surface area contributed by atoms with Gasteiger partial charge >= 0.3 is 0 Å². The molecule has 0 heterocycles. The Labute approximate surface area is 110 Å². The molecule has 0 aliphatic carbocycles. The summed E-state index contributed by atoms with van der Waals surface area (Å²) in [5.74, 6) is -0.358. The van der Waals surface area contributed by atoms with Crippen LogP contribution in [0.4, 0.5) is 21.5 Å². The number of halogens is 1. The van der Waals surface area contributed by atoms with E-state index in [1.165, 1.54) is 36.4 Å². The van der Waals surface area contributed by atoms with Gasteiger partial charge in [0.1, 0.15) is 5.82 Å². The fourth-order valence-corrected chi connectivity index (χ4v) is 2.15. The number of benzene rings is 2. The van der Waals surface area contributed by atoms with Crippen LogP contribution in [0.25, 0.3) is 0 Å². The molecular formula is C12H12FN3O2S. The Hall–Kier alpha value is -2.12. The van der Waals surface area contributed by atoms with Crippen LogP contribution in [-0.2, 0) is 10.0 Å². The van der Waals surface area contributed by atoms with E-state index in [-0.39, 0.29) is 16.4 Å². The number of primary sulfonamides is 1. The van der Waals surface area contributed by atoms with Crippen LogP contribution in [0, 0.1) is 5.82 Å². The lowest BCUT2D eigenvalue weighted by molar-refractivity contribution is 0.598. The highest BCUT2D eigenvalue weighted by molar-refractivity contribution is 7.89. The Bertz CT molecular complexity index is 699. The quantitative estimate of drug-likeness (QED) is 0.747. The summed E-state index contributed by atoms with van der Waals surface area (Å²) in [6.07, 6.45) is 0. The standard InChI is InChI=1S/C12H12FN3O2S/c13-8-1-3-10(4-2-8)16-11-5-9(14)6-12(7-11)19(15,17)18/h1-7,16H,14H2,(H2,15,17,18). The molecule has 2 aromatic carbocycles. The highest BCUT2D eigenvalue weighted by Gasteiger charge is 2.10. The molecule has 0 aliphatic heterocycles. The third-order valence-electron chi connectivity index (χ3n) is 2.39. The SMILES string of the molecule is Nc1cc(Nc2ccc(F)cc2)cc(S(N)(=O)=O)c1. The molecule has 2 rings (SSSR count). The van der Waals surface area contributed by atoms with Crippen molar-refractivity contribution in [2.24, 2.45) is 5.14 Å². The van der Waals surface area contributed by atoms with Crippen LogP contribution >= 0.6 is 0 Å². The number of nitrogens with one attached hydrogen (secondary N) is 1. The lowest BCUT2D eigenvalue weighted by Crippen LogP contribution is -2.12. The van der Waals surface area contributed by atoms with Crippen molar-refractivity contribution in [1.82, 2.24) is 0 Å². The van der Waals surface area contributed by atoms with Crippen molar-refractivity contribution < 1.29 is 12.8 Å². The first-order valence-electron chi connectivity index (χ1n) is 5.30. The van der Waals surface area contributed by atoms with E-state index in [0.29, 0.717) is 11.4 Å². The van der Waals surface area contributed by atoms with Crippen LogP contribution in [0.5, 0.6) is 0 Å². The summed E-state index contributed by atoms with van der Waals surface area (Å²) >= 11 is 0. The molecule has 19 heavy (non-hydrogen) atoms. The molecule has 0 spiro atoms. The average Bonchev–Trinajstić information content (AvgIpc) is 2.30. The van der Waals surface area contributed by atoms with Gasteiger partial charge in [-0.2, -0.15) is 0 Å². The summed E-state index contributed by atoms with van der Waals surface area (Å²) in [5.41, 5.74) is 6.93. The van der Waals surface area contributed by atoms with E-state index >= 15 is 0 Å². The molecule has 0 atom stereocenters. The minimum atomic E-state index is -3.83. The monoisotopic (exact) mass is 281 g/mol. The predicted octanol–water partition coefficient (Wildman–Crippen LogP) is 1.80. The number of hydrogen-bond acceptors (Lipinski definition) is 4. The second-order valence-electron chi connectivity index (χ2n) is 3.97. The van der Waals surface area contributed by atoms with Crippen LogP contribution in [0.2, 0.25) is 0 Å². The smallest absolute Gasteiger partial charge is 0.238 e. The van der Waals surface area contributed by atoms with Gasteiger partial charge in [0.25, 0.3) is 0 Å². The molecule has 7 heteroatoms. The molecule has 0 fully saturated rings. The second-order valence-corrected chi connectivity index (χ2v) is 5.53. The number of nitrogens with two attached hydrogens (primary N) is 2. The average molecular weight is 281 g/mol. The summed E-state index contributed by atoms with van der Waals surface area (Å²) in [5, 5.41) is 7.96. The summed E-state index contributed by atoms with van der Waals surface area (Å²) < 4.78 is 35.3. The van der Waals surface area contributed by atoms with Crippen molar-refractivity contribution in [2.45, 2.75) is 4.90 Å². The first-order chi connectivity index (χ1) is 8.84. The summed E-state index contributed by atoms with van der Waals surface area (Å²) in [4.78, 5) is -0.0860. The maximum absolute atomic E-state index is 12.8. The highest BCUT2D eigenvalue weighted by Crippen LogP contribution is 2.23. The zero-order valence-electron chi connectivity index (χ0n) is 9.80. The van der Waals surface area contributed by atoms with E-state index in [2.05, 4.69) is 5.32 Å². The van der Waals surface area contributed by atoms with Gasteiger partial charge in [0.15, 0.2) is 0 Å². The number of anilines is 3. The Morgan fingerprint density at radius 1 is 1.00 bits per heavy atom. The van der Waals surface area contributed by atoms with Crippen molar-refractivity contribution in [1.29, 1.82) is 0 Å². The maximum Gasteiger partial charge on any atom is 0.238 e. The van der Waals surface area contributed by atoms with Crippen LogP contribution < -0.4 is 16.2 Å². The second kappa shape index (κ2) is 4.87. The summed E-state index contributed by atoms with van der Waals surface area (Å²) in [6, 6.07) is 9.80. The fourth-order valence-electron chi connectivity index (χ4n) is 1.56. The van der Waals surface area contributed by atoms with E-state index in [1.807, 2.05) is 0 Å². The molecular weight excluding hydrogens is 269 g/mol. The molecule has 0 aromatic heterocycles. The van der Waals surface area contributed by atoms with E-state index < -0.39 is 10.0 Å². The Morgan fingerprint density at radius 3 is 2.21 bits per heavy atom. The Kier molecular flexibility index (Phi) is 3.41. The van der Waals surface area contributed by atoms with Gasteiger partial charge in [-0.05, 0) is 42.5 Å². The van der Waals surface area contributed by atoms with Gasteiger partial charge in [0.2, 0.25) is 10.0 Å². The summed E-state index contributed by atoms with van der Waals surface area (Å²) in [7, 11) is -3.83. The Morgan fingerprint density at radius 2 is 1.63 bits per heavy atom. The maximum atomic E-state index is 12.8. The first kappa shape index (κ1) is 13.3. The molecule has 0 saturated carbocycles. The van der Waals surface area contributed by atoms with Gasteiger partial charge in [0.05, 0.1) is 4.90 Å². The molecule has 0 aliphatic rings. The van der Waals surface area contributed by atoms with Crippen LogP contribution in [0.1, 0.15) is 0 Å². The zero-order valence-corrected chi connectivity index (χ0v) is 10.6. The van der Waals surface area contributed by atoms with Gasteiger partial charge in [-0.3, -0.25) is 0 Å². The lowest BCUT2D eigenvalue weighted by atomic mass is 10.2. The highest BCUT2D eigenvalue weighted by atomic mass is 32.2. The molecule has 0 bridgehead atoms. The van der Waals surface area contributed by atoms with Gasteiger partial charge < -0.3 is 11.1 Å². The number of sulfonamides is 1. The third-order valence-corrected chi connectivity index (χ3v) is 3.28. The number of rotatable bonds is 3. The van der Waals surface area contributed by atoms with E-state index in [0.717, 1.165) is 0 Å². The molecule has 100 valence electrons. The minimum Gasteiger partial charge on any atom is -0.399 e. The van der Waals surface area contributed by atoms with Crippen molar-refractivity contribution in [3.63, 3.8) is 0 Å². The largest absolute Gasteiger partial charge is 0.399 e. The fraction of sp³-hybridized carbons (Fsp3) is 0. The summed E-state index contributed by atoms with van der Waals surface area (Å²) in [6.45, 7) is 0. The van der Waals surface area contributed by atoms with Gasteiger partial charge in [0, 0.05) is 17.1 Å². The van der Waals surface area contributed by atoms with Crippen LogP contribution in [0.3, 0.4) is 0 Å². The van der Waals surface area contributed by atoms with Crippen molar-refractivity contribution >= 4 is 27.1 Å². The topological polar surface area (TPSA) is 98.2 Å². The molecule has 0 unspecified atom stereocenters. The van der Waals surface area contributed by atoms with Gasteiger partial charge in [-0.1, -0.05) is 0 Å². The van der Waals surface area contributed by atoms with E-state index in [1.54, 1.807) is 6.07 Å². The molecule has 5 N–H and O–H groups in total. The molecule has 0 saturated heterocycles. The molecule has 0 radical (unpaired) electrons. The van der Waals surface area contributed by atoms with Crippen molar-refractivity contribution in [3.05, 3.63) is 48.3 Å². The lowest BCUT2D eigenvalue weighted by Gasteiger charge is -2.09. The number of nitrogen functional groups attached to an aromatic ring is 1. The molecule has 5 nitrogen and oxygen atoms in total. The normalized spacial score (nSPS) is 11.3. The molecule has 0 amide bonds. The Balaban J connectivity index is 2.35. The zero-order chi connectivity index (χ0) is 14.0. The van der Waals surface area contributed by atoms with Gasteiger partial charge in [-0.25, -0.2) is 17.9 Å². The van der Waals surface area contributed by atoms with Crippen LogP contribution in [0.15, 0.2) is 47.4 Å². The van der Waals surface area contributed by atoms with E-state index in [9.17, 15) is 12.8 Å². The van der Waals surface area contributed by atoms with Crippen molar-refractivity contribution in [3.8, 4) is 0 Å². The van der Waals surface area contributed by atoms with Crippen molar-refractivity contribution in [2.75, 3.05) is 11.1 Å². The minimum absolute atomic E-state index is 0.0860. The third kappa shape index (κ3) is 3.43. The predicted molar refractivity (Wildman–Crippen MR) is 71.9 cm³/mol.